The van der Waals surface area contributed by atoms with Gasteiger partial charge < -0.3 is 5.73 Å². The number of anilines is 1. The molecule has 0 aromatic carbocycles. The molecule has 0 saturated heterocycles. The Morgan fingerprint density at radius 3 is 3.07 bits per heavy atom. The normalized spacial score (nSPS) is 11.2. The number of nitrogen functional groups attached to an aromatic ring is 2. The molecule has 0 aliphatic carbocycles. The monoisotopic (exact) mass is 201 g/mol. The molecule has 3 aromatic rings. The summed E-state index contributed by atoms with van der Waals surface area (Å²) in [6.45, 7) is 0. The van der Waals surface area contributed by atoms with Gasteiger partial charge in [0.1, 0.15) is 0 Å². The molecule has 0 atom stereocenters. The number of H-pyrrole nitrogens is 1. The average molecular weight is 201 g/mol. The molecule has 15 heavy (non-hydrogen) atoms. The van der Waals surface area contributed by atoms with Crippen molar-refractivity contribution in [3.63, 3.8) is 0 Å². The van der Waals surface area contributed by atoms with Crippen molar-refractivity contribution in [1.29, 1.82) is 0 Å². The summed E-state index contributed by atoms with van der Waals surface area (Å²) >= 11 is 0. The van der Waals surface area contributed by atoms with Crippen LogP contribution in [0.1, 0.15) is 0 Å². The average Bonchev–Trinajstić information content (AvgIpc) is 2.70. The fourth-order valence-electron chi connectivity index (χ4n) is 1.69. The van der Waals surface area contributed by atoms with E-state index in [0.29, 0.717) is 11.2 Å². The number of nitrogens with two attached hydrogens (primary N) is 2. The van der Waals surface area contributed by atoms with Gasteiger partial charge in [-0.05, 0) is 0 Å². The first-order valence-corrected chi connectivity index (χ1v) is 4.44. The van der Waals surface area contributed by atoms with Gasteiger partial charge in [0.15, 0.2) is 5.52 Å². The van der Waals surface area contributed by atoms with Crippen LogP contribution in [0.5, 0.6) is 0 Å². The third kappa shape index (κ3) is 0.954. The van der Waals surface area contributed by atoms with Crippen LogP contribution in [-0.4, -0.2) is 15.2 Å². The summed E-state index contributed by atoms with van der Waals surface area (Å²) in [4.78, 5) is 4.24. The van der Waals surface area contributed by atoms with E-state index in [9.17, 15) is 0 Å². The Hall–Kier alpha value is -2.37. The molecule has 0 radical (unpaired) electrons. The van der Waals surface area contributed by atoms with Crippen LogP contribution in [0, 0.1) is 0 Å². The van der Waals surface area contributed by atoms with Gasteiger partial charge in [-0.25, -0.2) is 10.8 Å². The van der Waals surface area contributed by atoms with Crippen LogP contribution in [0.15, 0.2) is 24.7 Å². The first-order valence-electron chi connectivity index (χ1n) is 4.44. The lowest BCUT2D eigenvalue weighted by Gasteiger charge is -1.98. The van der Waals surface area contributed by atoms with Gasteiger partial charge in [0, 0.05) is 6.07 Å². The van der Waals surface area contributed by atoms with E-state index in [4.69, 9.17) is 11.6 Å². The maximum atomic E-state index is 5.83. The zero-order valence-electron chi connectivity index (χ0n) is 7.81. The molecule has 0 unspecified atom stereocenters. The Labute approximate surface area is 84.5 Å². The minimum Gasteiger partial charge on any atom is -0.397 e. The van der Waals surface area contributed by atoms with Crippen molar-refractivity contribution in [2.24, 2.45) is 0 Å². The van der Waals surface area contributed by atoms with Gasteiger partial charge in [0.05, 0.1) is 29.0 Å². The number of hydrogen-bond donors (Lipinski definition) is 3. The summed E-state index contributed by atoms with van der Waals surface area (Å²) in [5, 5.41) is 7.70. The smallest absolute Gasteiger partial charge is 0.273 e. The lowest BCUT2D eigenvalue weighted by atomic mass is 10.2. The zero-order valence-corrected chi connectivity index (χ0v) is 7.81. The molecule has 5 N–H and O–H groups in total. The van der Waals surface area contributed by atoms with E-state index >= 15 is 0 Å². The number of aromatic amines is 1. The van der Waals surface area contributed by atoms with Crippen LogP contribution in [0.3, 0.4) is 0 Å². The Kier molecular flexibility index (Phi) is 1.37. The van der Waals surface area contributed by atoms with Crippen LogP contribution in [0.25, 0.3) is 21.9 Å². The standard InChI is InChI=1S/C9H8N6/c10-6-1-2-15(11)9-5-3-13-14-7(5)4-12-8(6)9/h1-4H,11H2,(H2,10,12,13,14)/p+1. The minimum absolute atomic E-state index is 0.606. The predicted octanol–water partition coefficient (Wildman–Crippen LogP) is -0.305. The molecule has 3 aromatic heterocycles. The Bertz CT molecular complexity index is 656. The summed E-state index contributed by atoms with van der Waals surface area (Å²) in [7, 11) is 0. The fraction of sp³-hybridized carbons (Fsp3) is 0. The zero-order chi connectivity index (χ0) is 10.4. The van der Waals surface area contributed by atoms with Crippen molar-refractivity contribution in [3.8, 4) is 0 Å². The van der Waals surface area contributed by atoms with Gasteiger partial charge in [0.2, 0.25) is 6.20 Å². The molecule has 3 heterocycles. The molecule has 3 rings (SSSR count). The SMILES string of the molecule is Nc1cc[n+](N)c2c1ncc1[nH]ncc12. The van der Waals surface area contributed by atoms with Crippen molar-refractivity contribution in [3.05, 3.63) is 24.7 Å². The Balaban J connectivity index is 2.67. The number of fused-ring (bicyclic) bond motifs is 3. The molecule has 0 aliphatic heterocycles. The first kappa shape index (κ1) is 7.98. The minimum atomic E-state index is 0.606. The molecule has 0 saturated carbocycles. The third-order valence-corrected chi connectivity index (χ3v) is 2.42. The molecular formula is C9H9N6+. The molecular weight excluding hydrogens is 192 g/mol. The largest absolute Gasteiger partial charge is 0.397 e. The lowest BCUT2D eigenvalue weighted by Crippen LogP contribution is -2.44. The van der Waals surface area contributed by atoms with E-state index in [1.54, 1.807) is 24.7 Å². The number of nitrogens with zero attached hydrogens (tertiary/aromatic N) is 3. The van der Waals surface area contributed by atoms with Gasteiger partial charge in [-0.2, -0.15) is 5.10 Å². The highest BCUT2D eigenvalue weighted by Gasteiger charge is 2.15. The van der Waals surface area contributed by atoms with E-state index in [2.05, 4.69) is 15.2 Å². The van der Waals surface area contributed by atoms with Gasteiger partial charge in [0.25, 0.3) is 5.52 Å². The van der Waals surface area contributed by atoms with E-state index in [1.165, 1.54) is 4.68 Å². The Morgan fingerprint density at radius 1 is 1.33 bits per heavy atom. The van der Waals surface area contributed by atoms with Crippen LogP contribution in [-0.2, 0) is 0 Å². The van der Waals surface area contributed by atoms with Crippen molar-refractivity contribution in [2.45, 2.75) is 0 Å². The lowest BCUT2D eigenvalue weighted by molar-refractivity contribution is -0.610. The van der Waals surface area contributed by atoms with Crippen molar-refractivity contribution in [1.82, 2.24) is 15.2 Å². The van der Waals surface area contributed by atoms with Gasteiger partial charge >= 0.3 is 0 Å². The number of pyridine rings is 2. The molecule has 0 spiro atoms. The second-order valence-electron chi connectivity index (χ2n) is 3.33. The summed E-state index contributed by atoms with van der Waals surface area (Å²) in [6.07, 6.45) is 5.11. The first-order chi connectivity index (χ1) is 7.27. The van der Waals surface area contributed by atoms with Gasteiger partial charge in [-0.3, -0.25) is 5.10 Å². The molecule has 0 fully saturated rings. The highest BCUT2D eigenvalue weighted by Crippen LogP contribution is 2.21. The van der Waals surface area contributed by atoms with Crippen LogP contribution < -0.4 is 16.3 Å². The maximum absolute atomic E-state index is 5.83. The number of nitrogens with one attached hydrogen (secondary N) is 1. The van der Waals surface area contributed by atoms with Crippen molar-refractivity contribution in [2.75, 3.05) is 11.6 Å². The highest BCUT2D eigenvalue weighted by atomic mass is 15.3. The fourth-order valence-corrected chi connectivity index (χ4v) is 1.69. The quantitative estimate of drug-likeness (QED) is 0.343. The summed E-state index contributed by atoms with van der Waals surface area (Å²) in [6, 6.07) is 1.72. The topological polar surface area (TPSA) is 97.5 Å². The Morgan fingerprint density at radius 2 is 2.20 bits per heavy atom. The summed E-state index contributed by atoms with van der Waals surface area (Å²) < 4.78 is 1.50. The van der Waals surface area contributed by atoms with E-state index < -0.39 is 0 Å². The molecule has 0 bridgehead atoms. The molecule has 0 aliphatic rings. The van der Waals surface area contributed by atoms with Crippen LogP contribution in [0.4, 0.5) is 5.69 Å². The number of rotatable bonds is 0. The highest BCUT2D eigenvalue weighted by molar-refractivity contribution is 6.02. The molecule has 6 heteroatoms. The van der Waals surface area contributed by atoms with E-state index in [0.717, 1.165) is 16.4 Å². The molecule has 6 nitrogen and oxygen atoms in total. The maximum Gasteiger partial charge on any atom is 0.273 e. The molecule has 74 valence electrons. The van der Waals surface area contributed by atoms with Gasteiger partial charge in [-0.15, -0.1) is 0 Å². The summed E-state index contributed by atoms with van der Waals surface area (Å²) in [5.41, 5.74) is 8.74. The number of aromatic nitrogens is 4. The van der Waals surface area contributed by atoms with Crippen molar-refractivity contribution < 1.29 is 4.68 Å². The van der Waals surface area contributed by atoms with Crippen molar-refractivity contribution >= 4 is 27.6 Å². The third-order valence-electron chi connectivity index (χ3n) is 2.42. The number of hydrogen-bond acceptors (Lipinski definition) is 4. The van der Waals surface area contributed by atoms with Crippen LogP contribution >= 0.6 is 0 Å². The van der Waals surface area contributed by atoms with Crippen LogP contribution in [0.2, 0.25) is 0 Å². The molecule has 0 amide bonds. The second kappa shape index (κ2) is 2.57. The predicted molar refractivity (Wildman–Crippen MR) is 56.2 cm³/mol. The summed E-state index contributed by atoms with van der Waals surface area (Å²) in [5.74, 6) is 5.83. The van der Waals surface area contributed by atoms with E-state index in [1.807, 2.05) is 0 Å². The van der Waals surface area contributed by atoms with E-state index in [-0.39, 0.29) is 0 Å². The van der Waals surface area contributed by atoms with Gasteiger partial charge in [-0.1, -0.05) is 4.68 Å². The second-order valence-corrected chi connectivity index (χ2v) is 3.33.